The molecule has 3 aromatic carbocycles. The van der Waals surface area contributed by atoms with Gasteiger partial charge in [0, 0.05) is 6.42 Å². The molecule has 0 saturated carbocycles. The van der Waals surface area contributed by atoms with Gasteiger partial charge in [-0.2, -0.15) is 5.10 Å². The van der Waals surface area contributed by atoms with Crippen LogP contribution < -0.4 is 4.74 Å². The number of fused-ring (bicyclic) bond motifs is 1. The molecule has 1 aromatic heterocycles. The maximum absolute atomic E-state index is 13.2. The molecule has 160 valence electrons. The molecule has 1 atom stereocenters. The van der Waals surface area contributed by atoms with Gasteiger partial charge in [0.1, 0.15) is 5.75 Å². The zero-order valence-electron chi connectivity index (χ0n) is 17.6. The third-order valence-corrected chi connectivity index (χ3v) is 6.33. The molecule has 5 rings (SSSR count). The number of thioether (sulfide) groups is 1. The van der Waals surface area contributed by atoms with Crippen LogP contribution in [0.1, 0.15) is 23.6 Å². The lowest BCUT2D eigenvalue weighted by atomic mass is 9.98. The van der Waals surface area contributed by atoms with Crippen molar-refractivity contribution < 1.29 is 9.53 Å². The van der Waals surface area contributed by atoms with Crippen LogP contribution in [0.4, 0.5) is 0 Å². The van der Waals surface area contributed by atoms with Crippen LogP contribution >= 0.6 is 11.8 Å². The van der Waals surface area contributed by atoms with Gasteiger partial charge >= 0.3 is 0 Å². The zero-order valence-corrected chi connectivity index (χ0v) is 18.4. The lowest BCUT2D eigenvalue weighted by molar-refractivity contribution is -0.130. The molecule has 1 amide bonds. The Hall–Kier alpha value is -3.58. The van der Waals surface area contributed by atoms with Crippen LogP contribution in [0, 0.1) is 0 Å². The number of aromatic amines is 1. The SMILES string of the molecule is COc1ccc([C@@H]2CC(c3ccccc3)=NN2C(=O)CSc2nc3ccccc3[nH]2)cc1. The fraction of sp³-hybridized carbons (Fsp3) is 0.160. The van der Waals surface area contributed by atoms with Crippen molar-refractivity contribution in [1.82, 2.24) is 15.0 Å². The highest BCUT2D eigenvalue weighted by Gasteiger charge is 2.33. The van der Waals surface area contributed by atoms with Crippen LogP contribution in [0.3, 0.4) is 0 Å². The minimum Gasteiger partial charge on any atom is -0.497 e. The standard InChI is InChI=1S/C25H22N4O2S/c1-31-19-13-11-18(12-14-19)23-15-22(17-7-3-2-4-8-17)28-29(23)24(30)16-32-25-26-20-9-5-6-10-21(20)27-25/h2-14,23H,15-16H2,1H3,(H,26,27)/t23-/m0/s1. The summed E-state index contributed by atoms with van der Waals surface area (Å²) in [5, 5.41) is 7.09. The summed E-state index contributed by atoms with van der Waals surface area (Å²) < 4.78 is 5.29. The van der Waals surface area contributed by atoms with Crippen molar-refractivity contribution in [2.45, 2.75) is 17.6 Å². The van der Waals surface area contributed by atoms with Gasteiger partial charge in [-0.15, -0.1) is 0 Å². The van der Waals surface area contributed by atoms with E-state index >= 15 is 0 Å². The summed E-state index contributed by atoms with van der Waals surface area (Å²) in [6, 6.07) is 25.5. The van der Waals surface area contributed by atoms with Crippen molar-refractivity contribution in [1.29, 1.82) is 0 Å². The van der Waals surface area contributed by atoms with Crippen LogP contribution in [0.25, 0.3) is 11.0 Å². The summed E-state index contributed by atoms with van der Waals surface area (Å²) in [5.41, 5.74) is 4.83. The number of hydrazone groups is 1. The summed E-state index contributed by atoms with van der Waals surface area (Å²) in [4.78, 5) is 21.1. The van der Waals surface area contributed by atoms with Gasteiger partial charge in [-0.25, -0.2) is 9.99 Å². The normalized spacial score (nSPS) is 15.7. The molecule has 6 nitrogen and oxygen atoms in total. The van der Waals surface area contributed by atoms with E-state index in [4.69, 9.17) is 9.84 Å². The van der Waals surface area contributed by atoms with Gasteiger partial charge in [0.25, 0.3) is 5.91 Å². The molecular weight excluding hydrogens is 420 g/mol. The number of amides is 1. The quantitative estimate of drug-likeness (QED) is 0.425. The lowest BCUT2D eigenvalue weighted by Crippen LogP contribution is -2.28. The van der Waals surface area contributed by atoms with Gasteiger partial charge < -0.3 is 9.72 Å². The molecular formula is C25H22N4O2S. The molecule has 32 heavy (non-hydrogen) atoms. The maximum Gasteiger partial charge on any atom is 0.253 e. The highest BCUT2D eigenvalue weighted by molar-refractivity contribution is 7.99. The van der Waals surface area contributed by atoms with Crippen LogP contribution in [0.15, 0.2) is 89.1 Å². The highest BCUT2D eigenvalue weighted by atomic mass is 32.2. The Balaban J connectivity index is 1.38. The second-order valence-corrected chi connectivity index (χ2v) is 8.46. The molecule has 0 radical (unpaired) electrons. The van der Waals surface area contributed by atoms with E-state index in [0.717, 1.165) is 38.8 Å². The topological polar surface area (TPSA) is 70.6 Å². The number of nitrogens with one attached hydrogen (secondary N) is 1. The number of H-pyrrole nitrogens is 1. The Kier molecular flexibility index (Phi) is 5.64. The molecule has 1 aliphatic heterocycles. The molecule has 4 aromatic rings. The van der Waals surface area contributed by atoms with Crippen LogP contribution in [0.2, 0.25) is 0 Å². The molecule has 0 fully saturated rings. The van der Waals surface area contributed by atoms with E-state index in [0.29, 0.717) is 6.42 Å². The zero-order chi connectivity index (χ0) is 21.9. The number of rotatable bonds is 6. The fourth-order valence-electron chi connectivity index (χ4n) is 3.82. The van der Waals surface area contributed by atoms with E-state index in [2.05, 4.69) is 9.97 Å². The van der Waals surface area contributed by atoms with Crippen molar-refractivity contribution in [3.63, 3.8) is 0 Å². The number of carbonyl (C=O) groups is 1. The molecule has 7 heteroatoms. The summed E-state index contributed by atoms with van der Waals surface area (Å²) in [5.74, 6) is 0.981. The third-order valence-electron chi connectivity index (χ3n) is 5.47. The Morgan fingerprint density at radius 3 is 2.56 bits per heavy atom. The lowest BCUT2D eigenvalue weighted by Gasteiger charge is -2.22. The first-order chi connectivity index (χ1) is 15.7. The van der Waals surface area contributed by atoms with Gasteiger partial charge in [0.05, 0.1) is 35.6 Å². The number of benzene rings is 3. The molecule has 1 N–H and O–H groups in total. The molecule has 1 aliphatic rings. The van der Waals surface area contributed by atoms with Crippen molar-refractivity contribution in [2.24, 2.45) is 5.10 Å². The van der Waals surface area contributed by atoms with Gasteiger partial charge in [-0.05, 0) is 35.4 Å². The Labute approximate surface area is 190 Å². The van der Waals surface area contributed by atoms with E-state index in [9.17, 15) is 4.79 Å². The Bertz CT molecular complexity index is 1240. The van der Waals surface area contributed by atoms with Crippen molar-refractivity contribution in [3.8, 4) is 5.75 Å². The second kappa shape index (κ2) is 8.88. The van der Waals surface area contributed by atoms with Crippen LogP contribution in [-0.2, 0) is 4.79 Å². The van der Waals surface area contributed by atoms with Gasteiger partial charge in [0.2, 0.25) is 0 Å². The van der Waals surface area contributed by atoms with Crippen molar-refractivity contribution in [2.75, 3.05) is 12.9 Å². The average molecular weight is 443 g/mol. The number of aromatic nitrogens is 2. The van der Waals surface area contributed by atoms with Crippen molar-refractivity contribution in [3.05, 3.63) is 90.0 Å². The number of nitrogens with zero attached hydrogens (tertiary/aromatic N) is 3. The number of ether oxygens (including phenoxy) is 1. The van der Waals surface area contributed by atoms with E-state index in [-0.39, 0.29) is 17.7 Å². The van der Waals surface area contributed by atoms with E-state index in [1.807, 2.05) is 78.9 Å². The predicted octanol–water partition coefficient (Wildman–Crippen LogP) is 5.04. The maximum atomic E-state index is 13.2. The number of carbonyl (C=O) groups excluding carboxylic acids is 1. The molecule has 0 unspecified atom stereocenters. The summed E-state index contributed by atoms with van der Waals surface area (Å²) in [6.07, 6.45) is 0.664. The molecule has 0 bridgehead atoms. The van der Waals surface area contributed by atoms with E-state index in [1.54, 1.807) is 12.1 Å². The van der Waals surface area contributed by atoms with Gasteiger partial charge in [-0.3, -0.25) is 4.79 Å². The summed E-state index contributed by atoms with van der Waals surface area (Å²) in [6.45, 7) is 0. The Morgan fingerprint density at radius 2 is 1.81 bits per heavy atom. The van der Waals surface area contributed by atoms with Gasteiger partial charge in [-0.1, -0.05) is 66.4 Å². The minimum absolute atomic E-state index is 0.0535. The van der Waals surface area contributed by atoms with Crippen LogP contribution in [0.5, 0.6) is 5.75 Å². The summed E-state index contributed by atoms with van der Waals surface area (Å²) in [7, 11) is 1.65. The summed E-state index contributed by atoms with van der Waals surface area (Å²) >= 11 is 1.39. The number of hydrogen-bond acceptors (Lipinski definition) is 5. The number of hydrogen-bond donors (Lipinski definition) is 1. The Morgan fingerprint density at radius 1 is 1.06 bits per heavy atom. The van der Waals surface area contributed by atoms with Crippen LogP contribution in [-0.4, -0.2) is 39.5 Å². The molecule has 0 saturated heterocycles. The van der Waals surface area contributed by atoms with Gasteiger partial charge in [0.15, 0.2) is 5.16 Å². The minimum atomic E-state index is -0.153. The molecule has 0 spiro atoms. The first-order valence-corrected chi connectivity index (χ1v) is 11.4. The number of para-hydroxylation sites is 2. The monoisotopic (exact) mass is 442 g/mol. The first-order valence-electron chi connectivity index (χ1n) is 10.4. The first kappa shape index (κ1) is 20.3. The number of imidazole rings is 1. The van der Waals surface area contributed by atoms with Crippen molar-refractivity contribution >= 4 is 34.4 Å². The number of methoxy groups -OCH3 is 1. The average Bonchev–Trinajstić information content (AvgIpc) is 3.48. The van der Waals surface area contributed by atoms with E-state index < -0.39 is 0 Å². The largest absolute Gasteiger partial charge is 0.497 e. The highest BCUT2D eigenvalue weighted by Crippen LogP contribution is 2.34. The third kappa shape index (κ3) is 4.11. The molecule has 2 heterocycles. The second-order valence-electron chi connectivity index (χ2n) is 7.49. The fourth-order valence-corrected chi connectivity index (χ4v) is 4.56. The predicted molar refractivity (Wildman–Crippen MR) is 127 cm³/mol. The smallest absolute Gasteiger partial charge is 0.253 e. The molecule has 0 aliphatic carbocycles. The van der Waals surface area contributed by atoms with E-state index in [1.165, 1.54) is 11.8 Å².